The Morgan fingerprint density at radius 3 is 1.12 bits per heavy atom. The van der Waals surface area contributed by atoms with Crippen LogP contribution in [0.3, 0.4) is 0 Å². The zero-order valence-electron chi connectivity index (χ0n) is 5.73. The summed E-state index contributed by atoms with van der Waals surface area (Å²) < 4.78 is 0. The molecule has 0 aromatic heterocycles. The zero-order valence-corrected chi connectivity index (χ0v) is 6.89. The molecule has 0 aromatic carbocycles. The molecule has 8 heavy (non-hydrogen) atoms. The summed E-state index contributed by atoms with van der Waals surface area (Å²) in [6.45, 7) is 9.20. The maximum absolute atomic E-state index is 2.30. The SMILES string of the molecule is CC(C)[SiH]C(C)C.[LiH]. The van der Waals surface area contributed by atoms with Crippen LogP contribution < -0.4 is 0 Å². The summed E-state index contributed by atoms with van der Waals surface area (Å²) in [7, 11) is 0.713. The molecule has 1 radical (unpaired) electrons. The Balaban J connectivity index is 0. The van der Waals surface area contributed by atoms with Crippen LogP contribution in [0, 0.1) is 0 Å². The van der Waals surface area contributed by atoms with Gasteiger partial charge in [0.15, 0.2) is 0 Å². The molecular weight excluding hydrogens is 107 g/mol. The fourth-order valence-corrected chi connectivity index (χ4v) is 2.31. The molecule has 0 aliphatic rings. The van der Waals surface area contributed by atoms with Crippen molar-refractivity contribution in [2.45, 2.75) is 38.8 Å². The van der Waals surface area contributed by atoms with E-state index >= 15 is 0 Å². The maximum atomic E-state index is 2.30. The van der Waals surface area contributed by atoms with E-state index in [0.717, 1.165) is 11.1 Å². The van der Waals surface area contributed by atoms with Crippen LogP contribution in [0.5, 0.6) is 0 Å². The van der Waals surface area contributed by atoms with Gasteiger partial charge in [0.1, 0.15) is 0 Å². The Morgan fingerprint density at radius 1 is 0.875 bits per heavy atom. The van der Waals surface area contributed by atoms with Crippen LogP contribution in [0.1, 0.15) is 27.7 Å². The van der Waals surface area contributed by atoms with E-state index < -0.39 is 0 Å². The predicted octanol–water partition coefficient (Wildman–Crippen LogP) is 1.43. The van der Waals surface area contributed by atoms with E-state index in [1.54, 1.807) is 0 Å². The van der Waals surface area contributed by atoms with Gasteiger partial charge >= 0.3 is 18.9 Å². The van der Waals surface area contributed by atoms with E-state index in [1.165, 1.54) is 0 Å². The first kappa shape index (κ1) is 11.6. The van der Waals surface area contributed by atoms with Crippen LogP contribution in [0.4, 0.5) is 0 Å². The molecule has 0 atom stereocenters. The van der Waals surface area contributed by atoms with Gasteiger partial charge in [-0.1, -0.05) is 38.8 Å². The first-order valence-electron chi connectivity index (χ1n) is 2.98. The van der Waals surface area contributed by atoms with Crippen LogP contribution >= 0.6 is 0 Å². The second-order valence-electron chi connectivity index (χ2n) is 2.68. The molecule has 2 heteroatoms. The average molecular weight is 123 g/mol. The van der Waals surface area contributed by atoms with E-state index in [1.807, 2.05) is 0 Å². The van der Waals surface area contributed by atoms with Gasteiger partial charge in [-0.3, -0.25) is 0 Å². The van der Waals surface area contributed by atoms with Crippen molar-refractivity contribution in [3.05, 3.63) is 0 Å². The number of hydrogen-bond donors (Lipinski definition) is 0. The molecule has 0 aromatic rings. The molecular formula is C6H16LiSi. The average Bonchev–Trinajstić information content (AvgIpc) is 1.27. The molecule has 45 valence electrons. The number of hydrogen-bond acceptors (Lipinski definition) is 0. The molecule has 0 rings (SSSR count). The molecule has 0 aliphatic heterocycles. The third-order valence-electron chi connectivity index (χ3n) is 0.770. The second-order valence-corrected chi connectivity index (χ2v) is 5.73. The van der Waals surface area contributed by atoms with E-state index in [-0.39, 0.29) is 18.9 Å². The Morgan fingerprint density at radius 2 is 1.12 bits per heavy atom. The third-order valence-corrected chi connectivity index (χ3v) is 2.31. The van der Waals surface area contributed by atoms with Crippen LogP contribution in [-0.4, -0.2) is 28.4 Å². The first-order chi connectivity index (χ1) is 3.13. The molecule has 0 heterocycles. The van der Waals surface area contributed by atoms with Crippen molar-refractivity contribution in [3.63, 3.8) is 0 Å². The van der Waals surface area contributed by atoms with Crippen molar-refractivity contribution in [1.29, 1.82) is 0 Å². The van der Waals surface area contributed by atoms with Crippen molar-refractivity contribution in [3.8, 4) is 0 Å². The summed E-state index contributed by atoms with van der Waals surface area (Å²) in [6, 6.07) is 0. The molecule has 0 fully saturated rings. The van der Waals surface area contributed by atoms with Crippen LogP contribution in [0.15, 0.2) is 0 Å². The fourth-order valence-electron chi connectivity index (χ4n) is 0.770. The minimum atomic E-state index is 0. The molecule has 0 unspecified atom stereocenters. The summed E-state index contributed by atoms with van der Waals surface area (Å²) in [5, 5.41) is 0. The van der Waals surface area contributed by atoms with Crippen molar-refractivity contribution in [2.24, 2.45) is 0 Å². The molecule has 0 spiro atoms. The van der Waals surface area contributed by atoms with Crippen LogP contribution in [0.2, 0.25) is 11.1 Å². The van der Waals surface area contributed by atoms with Crippen LogP contribution in [-0.2, 0) is 0 Å². The van der Waals surface area contributed by atoms with Gasteiger partial charge in [-0.2, -0.15) is 0 Å². The van der Waals surface area contributed by atoms with Crippen LogP contribution in [0.25, 0.3) is 0 Å². The quantitative estimate of drug-likeness (QED) is 0.487. The van der Waals surface area contributed by atoms with E-state index in [9.17, 15) is 0 Å². The zero-order chi connectivity index (χ0) is 5.86. The molecule has 0 bridgehead atoms. The van der Waals surface area contributed by atoms with E-state index in [4.69, 9.17) is 0 Å². The van der Waals surface area contributed by atoms with Crippen molar-refractivity contribution in [2.75, 3.05) is 0 Å². The van der Waals surface area contributed by atoms with Crippen molar-refractivity contribution in [1.82, 2.24) is 0 Å². The van der Waals surface area contributed by atoms with Crippen molar-refractivity contribution >= 4 is 28.4 Å². The van der Waals surface area contributed by atoms with E-state index in [0.29, 0.717) is 9.52 Å². The van der Waals surface area contributed by atoms with Crippen molar-refractivity contribution < 1.29 is 0 Å². The third kappa shape index (κ3) is 9.94. The van der Waals surface area contributed by atoms with E-state index in [2.05, 4.69) is 27.7 Å². The summed E-state index contributed by atoms with van der Waals surface area (Å²) in [6.07, 6.45) is 0. The molecule has 0 N–H and O–H groups in total. The molecule has 0 aliphatic carbocycles. The fraction of sp³-hybridized carbons (Fsp3) is 1.00. The Bertz CT molecular complexity index is 37.8. The molecule has 0 saturated heterocycles. The first-order valence-corrected chi connectivity index (χ1v) is 4.31. The van der Waals surface area contributed by atoms with Gasteiger partial charge in [-0.15, -0.1) is 0 Å². The van der Waals surface area contributed by atoms with Gasteiger partial charge in [-0.05, 0) is 0 Å². The van der Waals surface area contributed by atoms with Gasteiger partial charge in [-0.25, -0.2) is 0 Å². The Labute approximate surface area is 67.4 Å². The minimum absolute atomic E-state index is 0. The summed E-state index contributed by atoms with van der Waals surface area (Å²) in [5.74, 6) is 0. The normalized spacial score (nSPS) is 9.75. The monoisotopic (exact) mass is 123 g/mol. The summed E-state index contributed by atoms with van der Waals surface area (Å²) >= 11 is 0. The summed E-state index contributed by atoms with van der Waals surface area (Å²) in [4.78, 5) is 0. The molecule has 0 saturated carbocycles. The number of rotatable bonds is 2. The van der Waals surface area contributed by atoms with Gasteiger partial charge < -0.3 is 0 Å². The Kier molecular flexibility index (Phi) is 8.61. The van der Waals surface area contributed by atoms with Gasteiger partial charge in [0.2, 0.25) is 0 Å². The van der Waals surface area contributed by atoms with Gasteiger partial charge in [0.05, 0.1) is 0 Å². The Hall–Kier alpha value is 0.814. The molecule has 0 amide bonds. The van der Waals surface area contributed by atoms with Gasteiger partial charge in [0, 0.05) is 9.52 Å². The second kappa shape index (κ2) is 5.94. The van der Waals surface area contributed by atoms with Gasteiger partial charge in [0.25, 0.3) is 0 Å². The standard InChI is InChI=1S/C6H15Si.Li.H/c1-5(2)7-6(3)4;;/h5-7H,1-4H3;;. The predicted molar refractivity (Wildman–Crippen MR) is 44.5 cm³/mol. The summed E-state index contributed by atoms with van der Waals surface area (Å²) in [5.41, 5.74) is 1.92. The molecule has 0 nitrogen and oxygen atoms in total. The topological polar surface area (TPSA) is 0 Å².